The molecule has 216 valence electrons. The number of ether oxygens (including phenoxy) is 3. The minimum atomic E-state index is -4.28. The van der Waals surface area contributed by atoms with Gasteiger partial charge in [-0.1, -0.05) is 17.7 Å². The first-order valence-corrected chi connectivity index (χ1v) is 15.1. The van der Waals surface area contributed by atoms with Crippen molar-refractivity contribution in [3.05, 3.63) is 66.2 Å². The van der Waals surface area contributed by atoms with Gasteiger partial charge in [0.25, 0.3) is 10.0 Å². The molecule has 3 rings (SSSR count). The maximum Gasteiger partial charge on any atom is 0.264 e. The average Bonchev–Trinajstić information content (AvgIpc) is 2.90. The first kappa shape index (κ1) is 30.7. The number of hydrogen-bond donors (Lipinski definition) is 2. The molecule has 0 bridgehead atoms. The maximum atomic E-state index is 13.8. The summed E-state index contributed by atoms with van der Waals surface area (Å²) in [7, 11) is -3.99. The average molecular weight is 592 g/mol. The molecule has 0 aliphatic carbocycles. The molecule has 2 N–H and O–H groups in total. The number of carbonyl (C=O) groups excluding carboxylic acids is 1. The van der Waals surface area contributed by atoms with Gasteiger partial charge < -0.3 is 19.5 Å². The maximum absolute atomic E-state index is 13.8. The quantitative estimate of drug-likeness (QED) is 0.326. The molecule has 0 unspecified atom stereocenters. The van der Waals surface area contributed by atoms with E-state index in [0.29, 0.717) is 5.75 Å². The molecule has 3 aromatic rings. The van der Waals surface area contributed by atoms with Gasteiger partial charge in [-0.3, -0.25) is 9.10 Å². The highest BCUT2D eigenvalue weighted by Gasteiger charge is 2.30. The summed E-state index contributed by atoms with van der Waals surface area (Å²) in [4.78, 5) is 13.2. The van der Waals surface area contributed by atoms with E-state index in [9.17, 15) is 21.6 Å². The number of carbonyl (C=O) groups is 1. The van der Waals surface area contributed by atoms with Gasteiger partial charge in [-0.15, -0.1) is 0 Å². The topological polar surface area (TPSA) is 140 Å². The van der Waals surface area contributed by atoms with E-state index in [1.54, 1.807) is 32.0 Å². The fourth-order valence-corrected chi connectivity index (χ4v) is 6.48. The van der Waals surface area contributed by atoms with Crippen LogP contribution < -0.4 is 28.6 Å². The van der Waals surface area contributed by atoms with Gasteiger partial charge in [0.2, 0.25) is 15.9 Å². The second kappa shape index (κ2) is 12.6. The number of benzene rings is 3. The van der Waals surface area contributed by atoms with Gasteiger partial charge >= 0.3 is 0 Å². The lowest BCUT2D eigenvalue weighted by Gasteiger charge is -2.26. The standard InChI is InChI=1S/C27H33N3O8S2/c1-18(2)29-39(32,33)22-12-14-25(37-5)23(16-22)28-27(31)17-30(24-15-20(36-4)9-13-26(24)38-6)40(34,35)21-10-7-19(3)8-11-21/h7-16,18,29H,17H2,1-6H3,(H,28,31). The number of aryl methyl sites for hydroxylation is 1. The van der Waals surface area contributed by atoms with Crippen molar-refractivity contribution in [3.8, 4) is 17.2 Å². The minimum absolute atomic E-state index is 0.0406. The van der Waals surface area contributed by atoms with Crippen molar-refractivity contribution in [2.45, 2.75) is 36.6 Å². The lowest BCUT2D eigenvalue weighted by atomic mass is 10.2. The molecule has 3 aromatic carbocycles. The van der Waals surface area contributed by atoms with Crippen molar-refractivity contribution < 1.29 is 35.8 Å². The third kappa shape index (κ3) is 7.03. The van der Waals surface area contributed by atoms with Crippen LogP contribution in [0.4, 0.5) is 11.4 Å². The Balaban J connectivity index is 2.06. The third-order valence-electron chi connectivity index (χ3n) is 5.70. The highest BCUT2D eigenvalue weighted by Crippen LogP contribution is 2.36. The van der Waals surface area contributed by atoms with Gasteiger partial charge in [0.05, 0.1) is 42.5 Å². The molecule has 13 heteroatoms. The molecule has 1 amide bonds. The van der Waals surface area contributed by atoms with Crippen molar-refractivity contribution in [2.24, 2.45) is 0 Å². The van der Waals surface area contributed by atoms with Crippen LogP contribution in [0.1, 0.15) is 19.4 Å². The summed E-state index contributed by atoms with van der Waals surface area (Å²) in [6.45, 7) is 4.51. The van der Waals surface area contributed by atoms with Crippen LogP contribution in [0.15, 0.2) is 70.5 Å². The number of methoxy groups -OCH3 is 3. The lowest BCUT2D eigenvalue weighted by Crippen LogP contribution is -2.38. The second-order valence-electron chi connectivity index (χ2n) is 9.05. The minimum Gasteiger partial charge on any atom is -0.497 e. The second-order valence-corrected chi connectivity index (χ2v) is 12.6. The zero-order valence-corrected chi connectivity index (χ0v) is 24.7. The molecule has 0 radical (unpaired) electrons. The molecular formula is C27H33N3O8S2. The number of sulfonamides is 2. The Labute approximate surface area is 235 Å². The van der Waals surface area contributed by atoms with E-state index in [0.717, 1.165) is 9.87 Å². The van der Waals surface area contributed by atoms with Gasteiger partial charge in [0.1, 0.15) is 23.8 Å². The highest BCUT2D eigenvalue weighted by molar-refractivity contribution is 7.93. The molecule has 0 saturated carbocycles. The molecule has 0 atom stereocenters. The summed E-state index contributed by atoms with van der Waals surface area (Å²) in [6, 6.07) is 14.4. The Morgan fingerprint density at radius 3 is 2.00 bits per heavy atom. The van der Waals surface area contributed by atoms with Crippen molar-refractivity contribution >= 4 is 37.3 Å². The monoisotopic (exact) mass is 591 g/mol. The predicted molar refractivity (Wildman–Crippen MR) is 152 cm³/mol. The molecule has 0 spiro atoms. The van der Waals surface area contributed by atoms with Crippen LogP contribution in [-0.2, 0) is 24.8 Å². The third-order valence-corrected chi connectivity index (χ3v) is 9.13. The smallest absolute Gasteiger partial charge is 0.264 e. The first-order chi connectivity index (χ1) is 18.8. The number of rotatable bonds is 12. The van der Waals surface area contributed by atoms with E-state index in [1.807, 2.05) is 6.92 Å². The zero-order valence-electron chi connectivity index (χ0n) is 23.1. The van der Waals surface area contributed by atoms with Crippen LogP contribution in [0.2, 0.25) is 0 Å². The number of nitrogens with zero attached hydrogens (tertiary/aromatic N) is 1. The van der Waals surface area contributed by atoms with Gasteiger partial charge in [-0.25, -0.2) is 21.6 Å². The van der Waals surface area contributed by atoms with E-state index in [2.05, 4.69) is 10.0 Å². The van der Waals surface area contributed by atoms with E-state index in [-0.39, 0.29) is 38.7 Å². The SMILES string of the molecule is COc1ccc(OC)c(N(CC(=O)Nc2cc(S(=O)(=O)NC(C)C)ccc2OC)S(=O)(=O)c2ccc(C)cc2)c1. The predicted octanol–water partition coefficient (Wildman–Crippen LogP) is 3.54. The summed E-state index contributed by atoms with van der Waals surface area (Å²) in [5, 5.41) is 2.59. The van der Waals surface area contributed by atoms with Crippen LogP contribution >= 0.6 is 0 Å². The Morgan fingerprint density at radius 2 is 1.43 bits per heavy atom. The molecule has 0 fully saturated rings. The van der Waals surface area contributed by atoms with Gasteiger partial charge in [-0.2, -0.15) is 0 Å². The summed E-state index contributed by atoms with van der Waals surface area (Å²) in [5.74, 6) is -0.0405. The van der Waals surface area contributed by atoms with Gasteiger partial charge in [0, 0.05) is 12.1 Å². The fourth-order valence-electron chi connectivity index (χ4n) is 3.78. The summed E-state index contributed by atoms with van der Waals surface area (Å²) < 4.78 is 72.5. The van der Waals surface area contributed by atoms with Crippen molar-refractivity contribution in [3.63, 3.8) is 0 Å². The summed E-state index contributed by atoms with van der Waals surface area (Å²) in [6.07, 6.45) is 0. The first-order valence-electron chi connectivity index (χ1n) is 12.1. The Morgan fingerprint density at radius 1 is 0.825 bits per heavy atom. The van der Waals surface area contributed by atoms with Crippen molar-refractivity contribution in [2.75, 3.05) is 37.5 Å². The zero-order chi connectivity index (χ0) is 29.7. The summed E-state index contributed by atoms with van der Waals surface area (Å²) >= 11 is 0. The summed E-state index contributed by atoms with van der Waals surface area (Å²) in [5.41, 5.74) is 0.975. The molecular weight excluding hydrogens is 558 g/mol. The van der Waals surface area contributed by atoms with Crippen molar-refractivity contribution in [1.82, 2.24) is 4.72 Å². The number of amides is 1. The fraction of sp³-hybridized carbons (Fsp3) is 0.296. The van der Waals surface area contributed by atoms with E-state index in [4.69, 9.17) is 14.2 Å². The number of nitrogens with one attached hydrogen (secondary N) is 2. The lowest BCUT2D eigenvalue weighted by molar-refractivity contribution is -0.114. The van der Waals surface area contributed by atoms with Crippen LogP contribution in [0.25, 0.3) is 0 Å². The molecule has 0 heterocycles. The van der Waals surface area contributed by atoms with Crippen molar-refractivity contribution in [1.29, 1.82) is 0 Å². The van der Waals surface area contributed by atoms with Gasteiger partial charge in [-0.05, 0) is 63.2 Å². The normalized spacial score (nSPS) is 11.7. The van der Waals surface area contributed by atoms with Gasteiger partial charge in [0.15, 0.2) is 0 Å². The van der Waals surface area contributed by atoms with E-state index in [1.165, 1.54) is 63.8 Å². The molecule has 40 heavy (non-hydrogen) atoms. The number of anilines is 2. The Hall–Kier alpha value is -3.81. The van der Waals surface area contributed by atoms with Crippen LogP contribution in [-0.4, -0.2) is 56.7 Å². The molecule has 0 saturated heterocycles. The van der Waals surface area contributed by atoms with E-state index >= 15 is 0 Å². The molecule has 0 aromatic heterocycles. The van der Waals surface area contributed by atoms with Crippen LogP contribution in [0.3, 0.4) is 0 Å². The molecule has 11 nitrogen and oxygen atoms in total. The largest absolute Gasteiger partial charge is 0.497 e. The van der Waals surface area contributed by atoms with Crippen LogP contribution in [0, 0.1) is 6.92 Å². The number of hydrogen-bond acceptors (Lipinski definition) is 8. The Kier molecular flexibility index (Phi) is 9.66. The molecule has 0 aliphatic heterocycles. The molecule has 0 aliphatic rings. The Bertz CT molecular complexity index is 1570. The highest BCUT2D eigenvalue weighted by atomic mass is 32.2. The van der Waals surface area contributed by atoms with Crippen LogP contribution in [0.5, 0.6) is 17.2 Å². The van der Waals surface area contributed by atoms with E-state index < -0.39 is 32.5 Å².